The van der Waals surface area contributed by atoms with Crippen molar-refractivity contribution in [2.75, 3.05) is 11.9 Å². The Kier molecular flexibility index (Phi) is 5.53. The van der Waals surface area contributed by atoms with Crippen molar-refractivity contribution >= 4 is 11.7 Å². The quantitative estimate of drug-likeness (QED) is 0.763. The van der Waals surface area contributed by atoms with Crippen LogP contribution in [0, 0.1) is 5.92 Å². The van der Waals surface area contributed by atoms with Crippen LogP contribution < -0.4 is 5.32 Å². The van der Waals surface area contributed by atoms with Crippen molar-refractivity contribution in [1.29, 1.82) is 0 Å². The fourth-order valence-electron chi connectivity index (χ4n) is 1.74. The number of aliphatic carboxylic acids is 1. The number of rotatable bonds is 7. The van der Waals surface area contributed by atoms with E-state index in [1.807, 2.05) is 6.92 Å². The minimum atomic E-state index is -0.738. The highest BCUT2D eigenvalue weighted by atomic mass is 16.4. The highest BCUT2D eigenvalue weighted by Crippen LogP contribution is 2.12. The zero-order chi connectivity index (χ0) is 12.7. The summed E-state index contributed by atoms with van der Waals surface area (Å²) in [5, 5.41) is 11.9. The van der Waals surface area contributed by atoms with Crippen molar-refractivity contribution in [2.45, 2.75) is 33.1 Å². The molecule has 94 valence electrons. The maximum Gasteiger partial charge on any atom is 0.303 e. The highest BCUT2D eigenvalue weighted by molar-refractivity contribution is 5.67. The largest absolute Gasteiger partial charge is 0.481 e. The van der Waals surface area contributed by atoms with Gasteiger partial charge in [0.05, 0.1) is 0 Å². The van der Waals surface area contributed by atoms with Gasteiger partial charge in [-0.1, -0.05) is 32.4 Å². The molecule has 0 spiro atoms. The average molecular weight is 235 g/mol. The van der Waals surface area contributed by atoms with E-state index in [0.29, 0.717) is 6.54 Å². The monoisotopic (exact) mass is 235 g/mol. The SMILES string of the molecule is CCCc1ccc(NCC(C)CC(=O)O)cc1. The summed E-state index contributed by atoms with van der Waals surface area (Å²) in [5.41, 5.74) is 2.40. The van der Waals surface area contributed by atoms with Crippen LogP contribution in [0.2, 0.25) is 0 Å². The lowest BCUT2D eigenvalue weighted by molar-refractivity contribution is -0.137. The van der Waals surface area contributed by atoms with E-state index in [4.69, 9.17) is 5.11 Å². The number of carbonyl (C=O) groups is 1. The first-order valence-electron chi connectivity index (χ1n) is 6.16. The van der Waals surface area contributed by atoms with Crippen molar-refractivity contribution in [3.8, 4) is 0 Å². The van der Waals surface area contributed by atoms with Gasteiger partial charge in [-0.15, -0.1) is 0 Å². The van der Waals surface area contributed by atoms with Gasteiger partial charge in [-0.3, -0.25) is 4.79 Å². The first-order chi connectivity index (χ1) is 8.11. The van der Waals surface area contributed by atoms with Gasteiger partial charge in [0.15, 0.2) is 0 Å². The van der Waals surface area contributed by atoms with Crippen LogP contribution in [0.4, 0.5) is 5.69 Å². The van der Waals surface area contributed by atoms with Gasteiger partial charge in [-0.05, 0) is 30.0 Å². The third-order valence-corrected chi connectivity index (χ3v) is 2.67. The molecule has 1 rings (SSSR count). The number of benzene rings is 1. The molecule has 0 aliphatic rings. The summed E-state index contributed by atoms with van der Waals surface area (Å²) >= 11 is 0. The van der Waals surface area contributed by atoms with E-state index < -0.39 is 5.97 Å². The molecular weight excluding hydrogens is 214 g/mol. The van der Waals surface area contributed by atoms with Crippen LogP contribution in [0.3, 0.4) is 0 Å². The molecule has 1 unspecified atom stereocenters. The number of carboxylic acids is 1. The summed E-state index contributed by atoms with van der Waals surface area (Å²) in [6, 6.07) is 8.35. The predicted octanol–water partition coefficient (Wildman–Crippen LogP) is 3.16. The molecule has 17 heavy (non-hydrogen) atoms. The van der Waals surface area contributed by atoms with Crippen LogP contribution in [0.25, 0.3) is 0 Å². The van der Waals surface area contributed by atoms with Crippen molar-refractivity contribution < 1.29 is 9.90 Å². The standard InChI is InChI=1S/C14H21NO2/c1-3-4-12-5-7-13(8-6-12)15-10-11(2)9-14(16)17/h5-8,11,15H,3-4,9-10H2,1-2H3,(H,16,17). The molecule has 0 heterocycles. The molecule has 2 N–H and O–H groups in total. The lowest BCUT2D eigenvalue weighted by Gasteiger charge is -2.11. The molecule has 1 atom stereocenters. The Morgan fingerprint density at radius 3 is 2.53 bits per heavy atom. The molecule has 1 aromatic rings. The summed E-state index contributed by atoms with van der Waals surface area (Å²) in [5.74, 6) is -0.597. The van der Waals surface area contributed by atoms with Crippen LogP contribution in [0.1, 0.15) is 32.3 Å². The molecule has 0 aliphatic carbocycles. The predicted molar refractivity (Wildman–Crippen MR) is 70.3 cm³/mol. The number of nitrogens with one attached hydrogen (secondary N) is 1. The normalized spacial score (nSPS) is 12.1. The fourth-order valence-corrected chi connectivity index (χ4v) is 1.74. The Balaban J connectivity index is 2.38. The molecule has 0 saturated heterocycles. The molecule has 0 fully saturated rings. The van der Waals surface area contributed by atoms with Crippen molar-refractivity contribution in [3.05, 3.63) is 29.8 Å². The smallest absolute Gasteiger partial charge is 0.303 e. The Bertz CT molecular complexity index is 346. The first kappa shape index (κ1) is 13.6. The van der Waals surface area contributed by atoms with Gasteiger partial charge in [0.2, 0.25) is 0 Å². The van der Waals surface area contributed by atoms with Gasteiger partial charge >= 0.3 is 5.97 Å². The summed E-state index contributed by atoms with van der Waals surface area (Å²) in [6.45, 7) is 4.80. The van der Waals surface area contributed by atoms with E-state index in [0.717, 1.165) is 18.5 Å². The Labute approximate surface area is 103 Å². The van der Waals surface area contributed by atoms with E-state index in [1.165, 1.54) is 5.56 Å². The Morgan fingerprint density at radius 1 is 1.35 bits per heavy atom. The van der Waals surface area contributed by atoms with E-state index in [9.17, 15) is 4.79 Å². The number of anilines is 1. The van der Waals surface area contributed by atoms with Gasteiger partial charge in [0.25, 0.3) is 0 Å². The van der Waals surface area contributed by atoms with E-state index in [1.54, 1.807) is 0 Å². The van der Waals surface area contributed by atoms with Gasteiger partial charge < -0.3 is 10.4 Å². The number of hydrogen-bond acceptors (Lipinski definition) is 2. The maximum atomic E-state index is 10.5. The fraction of sp³-hybridized carbons (Fsp3) is 0.500. The number of hydrogen-bond donors (Lipinski definition) is 2. The molecule has 3 nitrogen and oxygen atoms in total. The molecule has 1 aromatic carbocycles. The van der Waals surface area contributed by atoms with Crippen LogP contribution in [0.15, 0.2) is 24.3 Å². The van der Waals surface area contributed by atoms with Crippen LogP contribution >= 0.6 is 0 Å². The third kappa shape index (κ3) is 5.38. The number of carboxylic acid groups (broad SMARTS) is 1. The maximum absolute atomic E-state index is 10.5. The van der Waals surface area contributed by atoms with E-state index in [-0.39, 0.29) is 12.3 Å². The van der Waals surface area contributed by atoms with Gasteiger partial charge in [-0.2, -0.15) is 0 Å². The summed E-state index contributed by atoms with van der Waals surface area (Å²) in [4.78, 5) is 10.5. The van der Waals surface area contributed by atoms with E-state index in [2.05, 4.69) is 36.5 Å². The first-order valence-corrected chi connectivity index (χ1v) is 6.16. The van der Waals surface area contributed by atoms with Crippen molar-refractivity contribution in [3.63, 3.8) is 0 Å². The molecule has 0 bridgehead atoms. The lowest BCUT2D eigenvalue weighted by Crippen LogP contribution is -2.14. The molecule has 0 aliphatic heterocycles. The lowest BCUT2D eigenvalue weighted by atomic mass is 10.1. The summed E-state index contributed by atoms with van der Waals surface area (Å²) in [6.07, 6.45) is 2.47. The van der Waals surface area contributed by atoms with Crippen molar-refractivity contribution in [2.24, 2.45) is 5.92 Å². The zero-order valence-electron chi connectivity index (χ0n) is 10.6. The molecule has 0 aromatic heterocycles. The van der Waals surface area contributed by atoms with Crippen LogP contribution in [0.5, 0.6) is 0 Å². The zero-order valence-corrected chi connectivity index (χ0v) is 10.6. The molecule has 0 radical (unpaired) electrons. The van der Waals surface area contributed by atoms with E-state index >= 15 is 0 Å². The van der Waals surface area contributed by atoms with Crippen molar-refractivity contribution in [1.82, 2.24) is 0 Å². The van der Waals surface area contributed by atoms with Gasteiger partial charge in [0, 0.05) is 18.7 Å². The average Bonchev–Trinajstić information content (AvgIpc) is 2.28. The summed E-state index contributed by atoms with van der Waals surface area (Å²) in [7, 11) is 0. The van der Waals surface area contributed by atoms with Gasteiger partial charge in [0.1, 0.15) is 0 Å². The second kappa shape index (κ2) is 6.94. The summed E-state index contributed by atoms with van der Waals surface area (Å²) < 4.78 is 0. The highest BCUT2D eigenvalue weighted by Gasteiger charge is 2.06. The Morgan fingerprint density at radius 2 is 2.00 bits per heavy atom. The van der Waals surface area contributed by atoms with Crippen LogP contribution in [-0.2, 0) is 11.2 Å². The minimum Gasteiger partial charge on any atom is -0.481 e. The molecule has 3 heteroatoms. The number of aryl methyl sites for hydroxylation is 1. The molecule has 0 saturated carbocycles. The molecular formula is C14H21NO2. The second-order valence-corrected chi connectivity index (χ2v) is 4.53. The second-order valence-electron chi connectivity index (χ2n) is 4.53. The topological polar surface area (TPSA) is 49.3 Å². The minimum absolute atomic E-state index is 0.141. The molecule has 0 amide bonds. The van der Waals surface area contributed by atoms with Crippen LogP contribution in [-0.4, -0.2) is 17.6 Å². The third-order valence-electron chi connectivity index (χ3n) is 2.67. The van der Waals surface area contributed by atoms with Gasteiger partial charge in [-0.25, -0.2) is 0 Å². The Hall–Kier alpha value is -1.51.